The summed E-state index contributed by atoms with van der Waals surface area (Å²) in [6.45, 7) is 0. The van der Waals surface area contributed by atoms with E-state index in [9.17, 15) is 22.0 Å². The molecular weight excluding hydrogens is 327 g/mol. The van der Waals surface area contributed by atoms with Gasteiger partial charge in [0.05, 0.1) is 11.7 Å². The van der Waals surface area contributed by atoms with E-state index in [1.165, 1.54) is 7.05 Å². The number of hydrogen-bond donors (Lipinski definition) is 1. The molecule has 0 fully saturated rings. The summed E-state index contributed by atoms with van der Waals surface area (Å²) < 4.78 is 65.9. The van der Waals surface area contributed by atoms with E-state index in [4.69, 9.17) is 11.6 Å². The topological polar surface area (TPSA) is 24.9 Å². The predicted molar refractivity (Wildman–Crippen MR) is 71.4 cm³/mol. The summed E-state index contributed by atoms with van der Waals surface area (Å²) in [5.74, 6) is -3.14. The van der Waals surface area contributed by atoms with E-state index in [0.29, 0.717) is 0 Å². The molecule has 118 valence electrons. The lowest BCUT2D eigenvalue weighted by molar-refractivity contribution is 0.140. The number of nitrogens with one attached hydrogen (secondary N) is 1. The quantitative estimate of drug-likeness (QED) is 0.661. The van der Waals surface area contributed by atoms with Crippen molar-refractivity contribution in [2.24, 2.45) is 0 Å². The lowest BCUT2D eigenvalue weighted by atomic mass is 10.0. The van der Waals surface area contributed by atoms with Crippen LogP contribution >= 0.6 is 11.6 Å². The molecule has 22 heavy (non-hydrogen) atoms. The highest BCUT2D eigenvalue weighted by Crippen LogP contribution is 2.30. The molecule has 2 nitrogen and oxygen atoms in total. The number of rotatable bonds is 4. The summed E-state index contributed by atoms with van der Waals surface area (Å²) in [4.78, 5) is 3.52. The molecule has 8 heteroatoms. The van der Waals surface area contributed by atoms with Crippen LogP contribution in [0.5, 0.6) is 0 Å². The van der Waals surface area contributed by atoms with Gasteiger partial charge in [-0.05, 0) is 25.2 Å². The fraction of sp³-hybridized carbons (Fsp3) is 0.214. The van der Waals surface area contributed by atoms with Crippen molar-refractivity contribution >= 4 is 11.6 Å². The minimum absolute atomic E-state index is 0.0409. The third-order valence-corrected chi connectivity index (χ3v) is 3.41. The fourth-order valence-corrected chi connectivity index (χ4v) is 2.19. The molecule has 0 saturated heterocycles. The number of halogens is 6. The number of aromatic nitrogens is 1. The Hall–Kier alpha value is -1.73. The molecule has 0 bridgehead atoms. The first kappa shape index (κ1) is 16.6. The van der Waals surface area contributed by atoms with Crippen LogP contribution in [0.15, 0.2) is 24.3 Å². The normalized spacial score (nSPS) is 12.7. The second kappa shape index (κ2) is 6.58. The zero-order valence-electron chi connectivity index (χ0n) is 11.2. The van der Waals surface area contributed by atoms with Crippen LogP contribution in [-0.2, 0) is 0 Å². The van der Waals surface area contributed by atoms with Gasteiger partial charge in [-0.1, -0.05) is 17.7 Å². The molecule has 2 rings (SSSR count). The molecule has 2 aromatic rings. The van der Waals surface area contributed by atoms with Gasteiger partial charge in [-0.2, -0.15) is 0 Å². The van der Waals surface area contributed by atoms with Crippen molar-refractivity contribution in [3.05, 3.63) is 63.7 Å². The maximum atomic E-state index is 14.1. The molecule has 0 saturated carbocycles. The Balaban J connectivity index is 2.54. The van der Waals surface area contributed by atoms with Gasteiger partial charge in [-0.3, -0.25) is 0 Å². The third-order valence-electron chi connectivity index (χ3n) is 3.06. The van der Waals surface area contributed by atoms with E-state index in [1.807, 2.05) is 0 Å². The van der Waals surface area contributed by atoms with Crippen LogP contribution in [0.25, 0.3) is 0 Å². The van der Waals surface area contributed by atoms with Crippen LogP contribution < -0.4 is 5.32 Å². The van der Waals surface area contributed by atoms with Crippen LogP contribution in [0.2, 0.25) is 5.02 Å². The number of nitrogens with zero attached hydrogens (tertiary/aromatic N) is 1. The Labute approximate surface area is 127 Å². The zero-order chi connectivity index (χ0) is 16.4. The highest BCUT2D eigenvalue weighted by atomic mass is 35.5. The molecule has 0 aliphatic heterocycles. The van der Waals surface area contributed by atoms with E-state index in [0.717, 1.165) is 24.3 Å². The van der Waals surface area contributed by atoms with Crippen LogP contribution in [0.3, 0.4) is 0 Å². The average molecular weight is 337 g/mol. The summed E-state index contributed by atoms with van der Waals surface area (Å²) in [7, 11) is 1.43. The Kier molecular flexibility index (Phi) is 4.97. The van der Waals surface area contributed by atoms with E-state index in [-0.39, 0.29) is 11.3 Å². The molecule has 0 aliphatic rings. The number of alkyl halides is 2. The minimum atomic E-state index is -3.11. The van der Waals surface area contributed by atoms with Crippen molar-refractivity contribution in [1.29, 1.82) is 0 Å². The second-order valence-corrected chi connectivity index (χ2v) is 4.77. The number of benzene rings is 1. The largest absolute Gasteiger partial charge is 0.308 e. The maximum Gasteiger partial charge on any atom is 0.283 e. The van der Waals surface area contributed by atoms with Gasteiger partial charge < -0.3 is 5.32 Å². The fourth-order valence-electron chi connectivity index (χ4n) is 2.01. The summed E-state index contributed by atoms with van der Waals surface area (Å²) in [5.41, 5.74) is -1.17. The average Bonchev–Trinajstić information content (AvgIpc) is 2.49. The third kappa shape index (κ3) is 3.05. The molecule has 0 amide bonds. The molecule has 0 aliphatic carbocycles. The van der Waals surface area contributed by atoms with Gasteiger partial charge >= 0.3 is 0 Å². The lowest BCUT2D eigenvalue weighted by Gasteiger charge is -2.18. The number of pyridine rings is 1. The van der Waals surface area contributed by atoms with Crippen molar-refractivity contribution in [2.75, 3.05) is 7.05 Å². The summed E-state index contributed by atoms with van der Waals surface area (Å²) >= 11 is 5.50. The Morgan fingerprint density at radius 1 is 1.05 bits per heavy atom. The van der Waals surface area contributed by atoms with Crippen LogP contribution in [-0.4, -0.2) is 12.0 Å². The predicted octanol–water partition coefficient (Wildman–Crippen LogP) is 4.40. The van der Waals surface area contributed by atoms with Gasteiger partial charge in [0.2, 0.25) is 0 Å². The smallest absolute Gasteiger partial charge is 0.283 e. The first-order valence-electron chi connectivity index (χ1n) is 6.12. The van der Waals surface area contributed by atoms with Gasteiger partial charge in [-0.15, -0.1) is 0 Å². The highest BCUT2D eigenvalue weighted by Gasteiger charge is 2.24. The Morgan fingerprint density at radius 2 is 1.68 bits per heavy atom. The van der Waals surface area contributed by atoms with Crippen LogP contribution in [0.4, 0.5) is 22.0 Å². The van der Waals surface area contributed by atoms with E-state index >= 15 is 0 Å². The molecular formula is C14H10ClF5N2. The van der Waals surface area contributed by atoms with Crippen LogP contribution in [0.1, 0.15) is 29.4 Å². The lowest BCUT2D eigenvalue weighted by Crippen LogP contribution is -2.21. The van der Waals surface area contributed by atoms with Crippen molar-refractivity contribution in [1.82, 2.24) is 10.3 Å². The van der Waals surface area contributed by atoms with E-state index < -0.39 is 40.6 Å². The molecule has 1 N–H and O–H groups in total. The minimum Gasteiger partial charge on any atom is -0.308 e. The first-order chi connectivity index (χ1) is 10.4. The molecule has 1 heterocycles. The van der Waals surface area contributed by atoms with Crippen molar-refractivity contribution in [3.63, 3.8) is 0 Å². The molecule has 0 spiro atoms. The first-order valence-corrected chi connectivity index (χ1v) is 6.49. The van der Waals surface area contributed by atoms with Gasteiger partial charge in [-0.25, -0.2) is 26.9 Å². The summed E-state index contributed by atoms with van der Waals surface area (Å²) in [6.07, 6.45) is -3.11. The Morgan fingerprint density at radius 3 is 2.27 bits per heavy atom. The van der Waals surface area contributed by atoms with Crippen LogP contribution in [0, 0.1) is 17.5 Å². The molecule has 1 unspecified atom stereocenters. The van der Waals surface area contributed by atoms with E-state index in [2.05, 4.69) is 10.3 Å². The SMILES string of the molecule is CNC(c1ccc(F)c(C(F)F)n1)c1ccc(F)c(Cl)c1F. The highest BCUT2D eigenvalue weighted by molar-refractivity contribution is 6.30. The van der Waals surface area contributed by atoms with Gasteiger partial charge in [0, 0.05) is 5.56 Å². The molecule has 1 aromatic carbocycles. The standard InChI is InChI=1S/C14H10ClF5N2/c1-21-12(6-2-3-7(16)10(15)11(6)18)9-5-4-8(17)13(22-9)14(19)20/h2-5,12,14,21H,1H3. The summed E-state index contributed by atoms with van der Waals surface area (Å²) in [6, 6.07) is 3.03. The summed E-state index contributed by atoms with van der Waals surface area (Å²) in [5, 5.41) is 1.94. The molecule has 1 atom stereocenters. The van der Waals surface area contributed by atoms with Crippen molar-refractivity contribution < 1.29 is 22.0 Å². The van der Waals surface area contributed by atoms with Gasteiger partial charge in [0.25, 0.3) is 6.43 Å². The van der Waals surface area contributed by atoms with E-state index in [1.54, 1.807) is 0 Å². The van der Waals surface area contributed by atoms with Crippen molar-refractivity contribution in [3.8, 4) is 0 Å². The van der Waals surface area contributed by atoms with Crippen molar-refractivity contribution in [2.45, 2.75) is 12.5 Å². The second-order valence-electron chi connectivity index (χ2n) is 4.39. The molecule has 0 radical (unpaired) electrons. The van der Waals surface area contributed by atoms with Gasteiger partial charge in [0.15, 0.2) is 5.82 Å². The molecule has 1 aromatic heterocycles. The van der Waals surface area contributed by atoms with Gasteiger partial charge in [0.1, 0.15) is 22.4 Å². The Bertz CT molecular complexity index is 693. The monoisotopic (exact) mass is 336 g/mol. The maximum absolute atomic E-state index is 14.1. The number of hydrogen-bond acceptors (Lipinski definition) is 2. The zero-order valence-corrected chi connectivity index (χ0v) is 11.9.